The molecule has 0 aromatic rings. The second-order valence-electron chi connectivity index (χ2n) is 4.38. The molecular formula is C12H19IO4. The molecule has 1 rings (SSSR count). The van der Waals surface area contributed by atoms with Crippen LogP contribution < -0.4 is 0 Å². The molecule has 0 aliphatic carbocycles. The maximum Gasteiger partial charge on any atom is 0.302 e. The SMILES string of the molecule is CC(=O)OC/C=C/C[C@@H]1OC(C)(C)O[C@@H]1CI. The van der Waals surface area contributed by atoms with Gasteiger partial charge in [-0.05, 0) is 20.3 Å². The molecule has 5 heteroatoms. The Bertz CT molecular complexity index is 288. The summed E-state index contributed by atoms with van der Waals surface area (Å²) < 4.78 is 17.3. The maximum absolute atomic E-state index is 10.5. The number of carbonyl (C=O) groups is 1. The van der Waals surface area contributed by atoms with Crippen LogP contribution in [0.5, 0.6) is 0 Å². The Morgan fingerprint density at radius 3 is 2.59 bits per heavy atom. The molecule has 0 unspecified atom stereocenters. The van der Waals surface area contributed by atoms with Gasteiger partial charge in [-0.1, -0.05) is 34.7 Å². The molecule has 0 N–H and O–H groups in total. The van der Waals surface area contributed by atoms with Crippen LogP contribution in [0, 0.1) is 0 Å². The molecular weight excluding hydrogens is 335 g/mol. The van der Waals surface area contributed by atoms with Crippen molar-refractivity contribution in [1.29, 1.82) is 0 Å². The largest absolute Gasteiger partial charge is 0.462 e. The lowest BCUT2D eigenvalue weighted by molar-refractivity contribution is -0.144. The van der Waals surface area contributed by atoms with Crippen LogP contribution >= 0.6 is 22.6 Å². The van der Waals surface area contributed by atoms with Crippen molar-refractivity contribution in [2.75, 3.05) is 11.0 Å². The summed E-state index contributed by atoms with van der Waals surface area (Å²) in [6.45, 7) is 5.57. The van der Waals surface area contributed by atoms with Crippen LogP contribution in [0.1, 0.15) is 27.2 Å². The Balaban J connectivity index is 2.33. The summed E-state index contributed by atoms with van der Waals surface area (Å²) in [5.74, 6) is -0.758. The smallest absolute Gasteiger partial charge is 0.302 e. The first-order valence-electron chi connectivity index (χ1n) is 5.64. The molecule has 1 saturated heterocycles. The van der Waals surface area contributed by atoms with Crippen molar-refractivity contribution < 1.29 is 19.0 Å². The summed E-state index contributed by atoms with van der Waals surface area (Å²) in [6.07, 6.45) is 4.79. The Morgan fingerprint density at radius 2 is 2.00 bits per heavy atom. The van der Waals surface area contributed by atoms with E-state index in [1.54, 1.807) is 0 Å². The van der Waals surface area contributed by atoms with E-state index < -0.39 is 5.79 Å². The Labute approximate surface area is 116 Å². The minimum Gasteiger partial charge on any atom is -0.462 e. The summed E-state index contributed by atoms with van der Waals surface area (Å²) in [4.78, 5) is 10.5. The Morgan fingerprint density at radius 1 is 1.35 bits per heavy atom. The monoisotopic (exact) mass is 354 g/mol. The van der Waals surface area contributed by atoms with E-state index in [2.05, 4.69) is 22.6 Å². The van der Waals surface area contributed by atoms with E-state index in [-0.39, 0.29) is 18.2 Å². The minimum atomic E-state index is -0.496. The molecule has 0 aromatic carbocycles. The van der Waals surface area contributed by atoms with Crippen LogP contribution in [-0.2, 0) is 19.0 Å². The molecule has 0 bridgehead atoms. The number of carbonyl (C=O) groups excluding carboxylic acids is 1. The average Bonchev–Trinajstić information content (AvgIpc) is 2.52. The molecule has 0 amide bonds. The number of alkyl halides is 1. The predicted octanol–water partition coefficient (Wildman–Crippen LogP) is 2.45. The van der Waals surface area contributed by atoms with Crippen molar-refractivity contribution in [3.63, 3.8) is 0 Å². The summed E-state index contributed by atoms with van der Waals surface area (Å²) in [7, 11) is 0. The van der Waals surface area contributed by atoms with E-state index in [1.165, 1.54) is 6.92 Å². The van der Waals surface area contributed by atoms with E-state index in [1.807, 2.05) is 26.0 Å². The van der Waals surface area contributed by atoms with Gasteiger partial charge in [-0.2, -0.15) is 0 Å². The fourth-order valence-corrected chi connectivity index (χ4v) is 2.45. The topological polar surface area (TPSA) is 44.8 Å². The van der Waals surface area contributed by atoms with E-state index in [4.69, 9.17) is 14.2 Å². The fraction of sp³-hybridized carbons (Fsp3) is 0.750. The number of rotatable bonds is 5. The van der Waals surface area contributed by atoms with Crippen LogP contribution in [0.3, 0.4) is 0 Å². The molecule has 1 aliphatic rings. The van der Waals surface area contributed by atoms with Crippen molar-refractivity contribution in [1.82, 2.24) is 0 Å². The third kappa shape index (κ3) is 5.35. The second kappa shape index (κ2) is 6.70. The van der Waals surface area contributed by atoms with Gasteiger partial charge in [0.15, 0.2) is 5.79 Å². The quantitative estimate of drug-likeness (QED) is 0.329. The highest BCUT2D eigenvalue weighted by atomic mass is 127. The lowest BCUT2D eigenvalue weighted by Crippen LogP contribution is -2.23. The van der Waals surface area contributed by atoms with Gasteiger partial charge in [-0.25, -0.2) is 0 Å². The van der Waals surface area contributed by atoms with Crippen molar-refractivity contribution in [3.8, 4) is 0 Å². The van der Waals surface area contributed by atoms with Crippen LogP contribution in [0.4, 0.5) is 0 Å². The van der Waals surface area contributed by atoms with Gasteiger partial charge in [-0.15, -0.1) is 0 Å². The van der Waals surface area contributed by atoms with Gasteiger partial charge in [-0.3, -0.25) is 4.79 Å². The summed E-state index contributed by atoms with van der Waals surface area (Å²) in [6, 6.07) is 0. The summed E-state index contributed by atoms with van der Waals surface area (Å²) in [5.41, 5.74) is 0. The van der Waals surface area contributed by atoms with Crippen LogP contribution in [0.25, 0.3) is 0 Å². The standard InChI is InChI=1S/C12H19IO4/c1-9(14)15-7-5-4-6-10-11(8-13)17-12(2,3)16-10/h4-5,10-11H,6-8H2,1-3H3/b5-4+/t10-,11+/m0/s1. The molecule has 0 spiro atoms. The van der Waals surface area contributed by atoms with Gasteiger partial charge < -0.3 is 14.2 Å². The Hall–Kier alpha value is -0.140. The van der Waals surface area contributed by atoms with Crippen molar-refractivity contribution in [2.24, 2.45) is 0 Å². The third-order valence-corrected chi connectivity index (χ3v) is 3.22. The summed E-state index contributed by atoms with van der Waals surface area (Å²) >= 11 is 2.30. The lowest BCUT2D eigenvalue weighted by atomic mass is 10.1. The molecule has 2 atom stereocenters. The molecule has 4 nitrogen and oxygen atoms in total. The highest BCUT2D eigenvalue weighted by Gasteiger charge is 2.39. The molecule has 17 heavy (non-hydrogen) atoms. The number of hydrogen-bond donors (Lipinski definition) is 0. The molecule has 1 heterocycles. The van der Waals surface area contributed by atoms with Gasteiger partial charge in [0.05, 0.1) is 12.2 Å². The number of hydrogen-bond acceptors (Lipinski definition) is 4. The first kappa shape index (κ1) is 14.9. The van der Waals surface area contributed by atoms with E-state index in [0.717, 1.165) is 10.8 Å². The number of ether oxygens (including phenoxy) is 3. The van der Waals surface area contributed by atoms with Gasteiger partial charge >= 0.3 is 5.97 Å². The normalized spacial score (nSPS) is 27.5. The maximum atomic E-state index is 10.5. The van der Waals surface area contributed by atoms with Gasteiger partial charge in [0.2, 0.25) is 0 Å². The van der Waals surface area contributed by atoms with Gasteiger partial charge in [0, 0.05) is 11.4 Å². The zero-order valence-corrected chi connectivity index (χ0v) is 12.6. The molecule has 0 aromatic heterocycles. The predicted molar refractivity (Wildman–Crippen MR) is 73.1 cm³/mol. The zero-order valence-electron chi connectivity index (χ0n) is 10.4. The van der Waals surface area contributed by atoms with Gasteiger partial charge in [0.25, 0.3) is 0 Å². The van der Waals surface area contributed by atoms with E-state index in [9.17, 15) is 4.79 Å². The Kier molecular flexibility index (Phi) is 5.88. The summed E-state index contributed by atoms with van der Waals surface area (Å²) in [5, 5.41) is 0. The molecule has 1 aliphatic heterocycles. The number of esters is 1. The van der Waals surface area contributed by atoms with Crippen molar-refractivity contribution in [2.45, 2.75) is 45.2 Å². The zero-order chi connectivity index (χ0) is 12.9. The third-order valence-electron chi connectivity index (χ3n) is 2.36. The van der Waals surface area contributed by atoms with Crippen LogP contribution in [0.15, 0.2) is 12.2 Å². The second-order valence-corrected chi connectivity index (χ2v) is 5.26. The van der Waals surface area contributed by atoms with Crippen LogP contribution in [0.2, 0.25) is 0 Å². The molecule has 1 fully saturated rings. The lowest BCUT2D eigenvalue weighted by Gasteiger charge is -2.16. The molecule has 0 saturated carbocycles. The average molecular weight is 354 g/mol. The van der Waals surface area contributed by atoms with Crippen molar-refractivity contribution >= 4 is 28.6 Å². The van der Waals surface area contributed by atoms with E-state index in [0.29, 0.717) is 6.61 Å². The highest BCUT2D eigenvalue weighted by Crippen LogP contribution is 2.30. The van der Waals surface area contributed by atoms with Crippen molar-refractivity contribution in [3.05, 3.63) is 12.2 Å². The van der Waals surface area contributed by atoms with E-state index >= 15 is 0 Å². The highest BCUT2D eigenvalue weighted by molar-refractivity contribution is 14.1. The first-order chi connectivity index (χ1) is 7.94. The minimum absolute atomic E-state index is 0.0791. The van der Waals surface area contributed by atoms with Crippen LogP contribution in [-0.4, -0.2) is 35.0 Å². The van der Waals surface area contributed by atoms with Gasteiger partial charge in [0.1, 0.15) is 6.61 Å². The molecule has 98 valence electrons. The molecule has 0 radical (unpaired) electrons. The fourth-order valence-electron chi connectivity index (χ4n) is 1.70. The first-order valence-corrected chi connectivity index (χ1v) is 7.17. The number of halogens is 1.